The summed E-state index contributed by atoms with van der Waals surface area (Å²) in [6.07, 6.45) is 0. The number of fused-ring (bicyclic) bond motifs is 1. The lowest BCUT2D eigenvalue weighted by Crippen LogP contribution is -1.98. The quantitative estimate of drug-likeness (QED) is 0.743. The van der Waals surface area contributed by atoms with Gasteiger partial charge < -0.3 is 14.5 Å². The molecule has 5 heteroatoms. The summed E-state index contributed by atoms with van der Waals surface area (Å²) in [5.74, 6) is 1.64. The molecule has 0 aliphatic rings. The fourth-order valence-corrected chi connectivity index (χ4v) is 2.76. The van der Waals surface area contributed by atoms with Gasteiger partial charge in [-0.2, -0.15) is 0 Å². The van der Waals surface area contributed by atoms with Gasteiger partial charge in [-0.25, -0.2) is 0 Å². The molecule has 0 bridgehead atoms. The molecule has 1 N–H and O–H groups in total. The largest absolute Gasteiger partial charge is 0.497 e. The molecule has 0 spiro atoms. The van der Waals surface area contributed by atoms with Crippen molar-refractivity contribution in [2.24, 2.45) is 0 Å². The number of rotatable bonds is 3. The summed E-state index contributed by atoms with van der Waals surface area (Å²) in [7, 11) is 3.32. The number of benzene rings is 2. The Morgan fingerprint density at radius 2 is 1.67 bits per heavy atom. The van der Waals surface area contributed by atoms with E-state index in [4.69, 9.17) is 21.7 Å². The van der Waals surface area contributed by atoms with E-state index in [1.54, 1.807) is 14.2 Å². The van der Waals surface area contributed by atoms with Crippen LogP contribution in [0.15, 0.2) is 36.4 Å². The zero-order valence-corrected chi connectivity index (χ0v) is 13.0. The number of aromatic nitrogens is 2. The molecule has 0 saturated heterocycles. The first-order valence-electron chi connectivity index (χ1n) is 6.58. The van der Waals surface area contributed by atoms with Crippen LogP contribution in [-0.2, 0) is 0 Å². The number of nitrogens with zero attached hydrogens (tertiary/aromatic N) is 1. The number of methoxy groups -OCH3 is 2. The third kappa shape index (κ3) is 2.29. The molecule has 3 aromatic rings. The number of hydrogen-bond donors (Lipinski definition) is 1. The van der Waals surface area contributed by atoms with Crippen molar-refractivity contribution in [3.8, 4) is 17.2 Å². The molecule has 3 rings (SSSR count). The zero-order valence-electron chi connectivity index (χ0n) is 12.1. The first-order chi connectivity index (χ1) is 10.1. The second kappa shape index (κ2) is 5.26. The third-order valence-electron chi connectivity index (χ3n) is 3.54. The molecular weight excluding hydrogens is 284 g/mol. The molecule has 0 aliphatic carbocycles. The molecule has 2 aromatic carbocycles. The molecule has 0 radical (unpaired) electrons. The standard InChI is InChI=1S/C16H16N2O2S/c1-10-8-11(19-2)5-7-14(10)18-15-9-12(20-3)4-6-13(15)17-16(18)21/h4-9H,1-3H3,(H,17,21). The molecule has 4 nitrogen and oxygen atoms in total. The van der Waals surface area contributed by atoms with E-state index in [0.717, 1.165) is 33.8 Å². The number of aromatic amines is 1. The predicted octanol–water partition coefficient (Wildman–Crippen LogP) is 4.01. The fraction of sp³-hybridized carbons (Fsp3) is 0.188. The Morgan fingerprint density at radius 1 is 1.00 bits per heavy atom. The van der Waals surface area contributed by atoms with E-state index in [-0.39, 0.29) is 0 Å². The molecule has 0 saturated carbocycles. The monoisotopic (exact) mass is 300 g/mol. The van der Waals surface area contributed by atoms with Crippen LogP contribution in [0, 0.1) is 11.7 Å². The number of hydrogen-bond acceptors (Lipinski definition) is 3. The van der Waals surface area contributed by atoms with Crippen LogP contribution in [0.25, 0.3) is 16.7 Å². The summed E-state index contributed by atoms with van der Waals surface area (Å²) < 4.78 is 13.2. The minimum atomic E-state index is 0.659. The van der Waals surface area contributed by atoms with Crippen LogP contribution >= 0.6 is 12.2 Å². The molecule has 0 unspecified atom stereocenters. The Hall–Kier alpha value is -2.27. The topological polar surface area (TPSA) is 39.2 Å². The van der Waals surface area contributed by atoms with Crippen LogP contribution in [0.1, 0.15) is 5.56 Å². The number of aryl methyl sites for hydroxylation is 1. The van der Waals surface area contributed by atoms with Crippen LogP contribution in [0.2, 0.25) is 0 Å². The molecule has 21 heavy (non-hydrogen) atoms. The SMILES string of the molecule is COc1ccc(-n2c(=S)[nH]c3ccc(OC)cc32)c(C)c1. The Kier molecular flexibility index (Phi) is 3.43. The van der Waals surface area contributed by atoms with Gasteiger partial charge in [0.2, 0.25) is 0 Å². The smallest absolute Gasteiger partial charge is 0.182 e. The Morgan fingerprint density at radius 3 is 2.33 bits per heavy atom. The normalized spacial score (nSPS) is 10.8. The summed E-state index contributed by atoms with van der Waals surface area (Å²) >= 11 is 5.47. The van der Waals surface area contributed by atoms with E-state index >= 15 is 0 Å². The summed E-state index contributed by atoms with van der Waals surface area (Å²) in [4.78, 5) is 3.22. The van der Waals surface area contributed by atoms with E-state index < -0.39 is 0 Å². The highest BCUT2D eigenvalue weighted by Crippen LogP contribution is 2.27. The summed E-state index contributed by atoms with van der Waals surface area (Å²) in [6, 6.07) is 11.8. The first kappa shape index (κ1) is 13.7. The van der Waals surface area contributed by atoms with Gasteiger partial charge in [0.15, 0.2) is 4.77 Å². The number of nitrogens with one attached hydrogen (secondary N) is 1. The highest BCUT2D eigenvalue weighted by molar-refractivity contribution is 7.71. The fourth-order valence-electron chi connectivity index (χ4n) is 2.45. The van der Waals surface area contributed by atoms with Gasteiger partial charge in [-0.05, 0) is 55.0 Å². The lowest BCUT2D eigenvalue weighted by atomic mass is 10.2. The number of ether oxygens (including phenoxy) is 2. The number of imidazole rings is 1. The average molecular weight is 300 g/mol. The second-order valence-electron chi connectivity index (χ2n) is 4.80. The summed E-state index contributed by atoms with van der Waals surface area (Å²) in [6.45, 7) is 2.04. The van der Waals surface area contributed by atoms with Crippen LogP contribution in [-0.4, -0.2) is 23.8 Å². The molecule has 1 aromatic heterocycles. The predicted molar refractivity (Wildman–Crippen MR) is 86.3 cm³/mol. The van der Waals surface area contributed by atoms with Gasteiger partial charge in [0.05, 0.1) is 30.9 Å². The van der Waals surface area contributed by atoms with Gasteiger partial charge >= 0.3 is 0 Å². The van der Waals surface area contributed by atoms with Gasteiger partial charge in [-0.3, -0.25) is 4.57 Å². The molecule has 1 heterocycles. The van der Waals surface area contributed by atoms with Crippen molar-refractivity contribution < 1.29 is 9.47 Å². The lowest BCUT2D eigenvalue weighted by Gasteiger charge is -2.10. The van der Waals surface area contributed by atoms with Gasteiger partial charge in [-0.1, -0.05) is 0 Å². The van der Waals surface area contributed by atoms with E-state index in [0.29, 0.717) is 4.77 Å². The van der Waals surface area contributed by atoms with Crippen molar-refractivity contribution in [3.63, 3.8) is 0 Å². The second-order valence-corrected chi connectivity index (χ2v) is 5.19. The van der Waals surface area contributed by atoms with Crippen LogP contribution in [0.3, 0.4) is 0 Å². The summed E-state index contributed by atoms with van der Waals surface area (Å²) in [5, 5.41) is 0. The lowest BCUT2D eigenvalue weighted by molar-refractivity contribution is 0.414. The maximum Gasteiger partial charge on any atom is 0.182 e. The molecule has 0 amide bonds. The third-order valence-corrected chi connectivity index (χ3v) is 3.82. The highest BCUT2D eigenvalue weighted by atomic mass is 32.1. The van der Waals surface area contributed by atoms with Crippen molar-refractivity contribution in [1.29, 1.82) is 0 Å². The van der Waals surface area contributed by atoms with Crippen molar-refractivity contribution in [2.75, 3.05) is 14.2 Å². The van der Waals surface area contributed by atoms with Gasteiger partial charge in [-0.15, -0.1) is 0 Å². The van der Waals surface area contributed by atoms with E-state index in [2.05, 4.69) is 4.98 Å². The molecule has 108 valence electrons. The summed E-state index contributed by atoms with van der Waals surface area (Å²) in [5.41, 5.74) is 4.10. The zero-order chi connectivity index (χ0) is 15.0. The Labute approximate surface area is 127 Å². The van der Waals surface area contributed by atoms with Crippen molar-refractivity contribution >= 4 is 23.3 Å². The molecular formula is C16H16N2O2S. The number of H-pyrrole nitrogens is 1. The van der Waals surface area contributed by atoms with E-state index in [1.165, 1.54) is 0 Å². The van der Waals surface area contributed by atoms with Crippen molar-refractivity contribution in [2.45, 2.75) is 6.92 Å². The Bertz CT molecular complexity index is 864. The maximum absolute atomic E-state index is 5.47. The van der Waals surface area contributed by atoms with Crippen molar-refractivity contribution in [1.82, 2.24) is 9.55 Å². The van der Waals surface area contributed by atoms with E-state index in [1.807, 2.05) is 47.9 Å². The average Bonchev–Trinajstić information content (AvgIpc) is 2.82. The van der Waals surface area contributed by atoms with Gasteiger partial charge in [0.1, 0.15) is 11.5 Å². The molecule has 0 atom stereocenters. The van der Waals surface area contributed by atoms with Crippen molar-refractivity contribution in [3.05, 3.63) is 46.7 Å². The first-order valence-corrected chi connectivity index (χ1v) is 6.98. The maximum atomic E-state index is 5.47. The minimum Gasteiger partial charge on any atom is -0.497 e. The molecule has 0 fully saturated rings. The van der Waals surface area contributed by atoms with Gasteiger partial charge in [0, 0.05) is 6.07 Å². The highest BCUT2D eigenvalue weighted by Gasteiger charge is 2.10. The van der Waals surface area contributed by atoms with E-state index in [9.17, 15) is 0 Å². The van der Waals surface area contributed by atoms with Crippen LogP contribution in [0.5, 0.6) is 11.5 Å². The van der Waals surface area contributed by atoms with Crippen LogP contribution < -0.4 is 9.47 Å². The Balaban J connectivity index is 2.29. The van der Waals surface area contributed by atoms with Gasteiger partial charge in [0.25, 0.3) is 0 Å². The minimum absolute atomic E-state index is 0.659. The van der Waals surface area contributed by atoms with Crippen LogP contribution in [0.4, 0.5) is 0 Å². The molecule has 0 aliphatic heterocycles.